The van der Waals surface area contributed by atoms with Gasteiger partial charge in [-0.05, 0) is 43.7 Å². The maximum Gasteiger partial charge on any atom is 0.573 e. The summed E-state index contributed by atoms with van der Waals surface area (Å²) < 4.78 is 40.4. The summed E-state index contributed by atoms with van der Waals surface area (Å²) in [4.78, 5) is 16.8. The average Bonchev–Trinajstić information content (AvgIpc) is 2.65. The average molecular weight is 405 g/mol. The Balaban J connectivity index is 1.96. The molecule has 0 saturated heterocycles. The molecular weight excluding hydrogens is 383 g/mol. The second-order valence-corrected chi connectivity index (χ2v) is 6.34. The van der Waals surface area contributed by atoms with Crippen LogP contribution >= 0.6 is 0 Å². The molecule has 0 spiro atoms. The smallest absolute Gasteiger partial charge is 0.406 e. The van der Waals surface area contributed by atoms with E-state index in [2.05, 4.69) is 15.0 Å². The Morgan fingerprint density at radius 1 is 1.07 bits per heavy atom. The van der Waals surface area contributed by atoms with Crippen molar-refractivity contribution in [3.05, 3.63) is 71.4 Å². The molecule has 0 aliphatic carbocycles. The third-order valence-electron chi connectivity index (χ3n) is 3.95. The summed E-state index contributed by atoms with van der Waals surface area (Å²) in [6.45, 7) is 3.65. The van der Waals surface area contributed by atoms with E-state index in [-0.39, 0.29) is 24.6 Å². The second-order valence-electron chi connectivity index (χ2n) is 6.34. The summed E-state index contributed by atoms with van der Waals surface area (Å²) in [5.74, 6) is -0.590. The van der Waals surface area contributed by atoms with Crippen LogP contribution in [0.15, 0.2) is 70.9 Å². The number of benzene rings is 2. The van der Waals surface area contributed by atoms with Gasteiger partial charge in [-0.15, -0.1) is 13.2 Å². The van der Waals surface area contributed by atoms with Crippen LogP contribution in [-0.2, 0) is 11.3 Å². The number of nitrogens with two attached hydrogens (primary N) is 1. The van der Waals surface area contributed by atoms with Crippen LogP contribution in [0.25, 0.3) is 0 Å². The number of carbonyl (C=O) groups is 1. The van der Waals surface area contributed by atoms with Crippen LogP contribution in [0.3, 0.4) is 0 Å². The lowest BCUT2D eigenvalue weighted by Gasteiger charge is -2.12. The number of rotatable bonds is 7. The number of amides is 1. The van der Waals surface area contributed by atoms with Crippen molar-refractivity contribution >= 4 is 17.3 Å². The zero-order valence-electron chi connectivity index (χ0n) is 16.1. The first-order valence-electron chi connectivity index (χ1n) is 8.81. The molecule has 0 atom stereocenters. The highest BCUT2D eigenvalue weighted by Crippen LogP contribution is 2.22. The molecule has 0 unspecified atom stereocenters. The highest BCUT2D eigenvalue weighted by atomic mass is 19.4. The number of nitrogens with one attached hydrogen (secondary N) is 1. The van der Waals surface area contributed by atoms with Crippen LogP contribution in [0.5, 0.6) is 5.75 Å². The molecule has 0 heterocycles. The fourth-order valence-corrected chi connectivity index (χ4v) is 2.55. The lowest BCUT2D eigenvalue weighted by molar-refractivity contribution is -0.274. The van der Waals surface area contributed by atoms with Crippen LogP contribution in [0.2, 0.25) is 0 Å². The van der Waals surface area contributed by atoms with Crippen molar-refractivity contribution < 1.29 is 22.7 Å². The minimum atomic E-state index is -4.74. The van der Waals surface area contributed by atoms with Gasteiger partial charge in [-0.3, -0.25) is 9.79 Å². The van der Waals surface area contributed by atoms with Gasteiger partial charge in [0.25, 0.3) is 0 Å². The molecule has 0 aliphatic heterocycles. The van der Waals surface area contributed by atoms with Crippen LogP contribution in [0.4, 0.5) is 18.9 Å². The predicted molar refractivity (Wildman–Crippen MR) is 106 cm³/mol. The van der Waals surface area contributed by atoms with Gasteiger partial charge in [0, 0.05) is 23.5 Å². The Morgan fingerprint density at radius 2 is 1.69 bits per heavy atom. The molecule has 0 aromatic heterocycles. The van der Waals surface area contributed by atoms with Gasteiger partial charge in [-0.25, -0.2) is 0 Å². The van der Waals surface area contributed by atoms with Crippen LogP contribution in [-0.4, -0.2) is 18.0 Å². The maximum atomic E-state index is 12.3. The van der Waals surface area contributed by atoms with Crippen LogP contribution in [0.1, 0.15) is 25.8 Å². The Kier molecular flexibility index (Phi) is 7.41. The van der Waals surface area contributed by atoms with Gasteiger partial charge in [-0.2, -0.15) is 0 Å². The van der Waals surface area contributed by atoms with E-state index >= 15 is 0 Å². The first kappa shape index (κ1) is 22.0. The quantitative estimate of drug-likeness (QED) is 0.660. The van der Waals surface area contributed by atoms with Crippen molar-refractivity contribution in [3.8, 4) is 5.75 Å². The van der Waals surface area contributed by atoms with E-state index in [0.717, 1.165) is 5.69 Å². The minimum Gasteiger partial charge on any atom is -0.406 e. The number of nitrogens with zero attached hydrogens (tertiary/aromatic N) is 1. The van der Waals surface area contributed by atoms with Gasteiger partial charge in [0.15, 0.2) is 0 Å². The Hall–Kier alpha value is -3.29. The molecule has 0 fully saturated rings. The summed E-state index contributed by atoms with van der Waals surface area (Å²) >= 11 is 0. The van der Waals surface area contributed by atoms with E-state index in [9.17, 15) is 18.0 Å². The predicted octanol–water partition coefficient (Wildman–Crippen LogP) is 4.62. The van der Waals surface area contributed by atoms with Crippen LogP contribution < -0.4 is 15.8 Å². The largest absolute Gasteiger partial charge is 0.573 e. The molecule has 5 nitrogen and oxygen atoms in total. The normalized spacial score (nSPS) is 12.9. The van der Waals surface area contributed by atoms with Gasteiger partial charge < -0.3 is 15.8 Å². The number of carbonyl (C=O) groups excluding carboxylic acids is 1. The number of aliphatic imine (C=N–C) groups is 1. The van der Waals surface area contributed by atoms with Crippen molar-refractivity contribution in [2.75, 3.05) is 0 Å². The maximum absolute atomic E-state index is 12.3. The highest BCUT2D eigenvalue weighted by Gasteiger charge is 2.30. The molecule has 0 bridgehead atoms. The Labute approximate surface area is 167 Å². The lowest BCUT2D eigenvalue weighted by Crippen LogP contribution is -2.25. The van der Waals surface area contributed by atoms with Gasteiger partial charge in [0.05, 0.1) is 12.1 Å². The molecule has 3 N–H and O–H groups in total. The number of allylic oxidation sites excluding steroid dienone is 1. The molecule has 8 heteroatoms. The van der Waals surface area contributed by atoms with E-state index in [0.29, 0.717) is 22.5 Å². The van der Waals surface area contributed by atoms with Crippen LogP contribution in [0, 0.1) is 0 Å². The summed E-state index contributed by atoms with van der Waals surface area (Å²) in [5.41, 5.74) is 9.07. The fraction of sp³-hybridized carbons (Fsp3) is 0.238. The van der Waals surface area contributed by atoms with E-state index < -0.39 is 6.36 Å². The van der Waals surface area contributed by atoms with E-state index in [4.69, 9.17) is 5.73 Å². The van der Waals surface area contributed by atoms with Gasteiger partial charge in [0.1, 0.15) is 5.75 Å². The lowest BCUT2D eigenvalue weighted by atomic mass is 10.1. The van der Waals surface area contributed by atoms with Crippen molar-refractivity contribution in [3.63, 3.8) is 0 Å². The Bertz CT molecular complexity index is 886. The zero-order chi connectivity index (χ0) is 21.4. The van der Waals surface area contributed by atoms with Crippen molar-refractivity contribution in [1.29, 1.82) is 0 Å². The molecule has 2 rings (SSSR count). The van der Waals surface area contributed by atoms with Crippen molar-refractivity contribution in [2.24, 2.45) is 10.7 Å². The number of hydrogen-bond donors (Lipinski definition) is 2. The number of para-hydroxylation sites is 1. The summed E-state index contributed by atoms with van der Waals surface area (Å²) in [5, 5.41) is 2.72. The number of alkyl halides is 3. The molecule has 1 amide bonds. The van der Waals surface area contributed by atoms with E-state index in [1.165, 1.54) is 24.3 Å². The molecule has 29 heavy (non-hydrogen) atoms. The van der Waals surface area contributed by atoms with E-state index in [1.807, 2.05) is 30.3 Å². The molecule has 0 saturated carbocycles. The van der Waals surface area contributed by atoms with Crippen molar-refractivity contribution in [1.82, 2.24) is 5.32 Å². The number of halogens is 3. The highest BCUT2D eigenvalue weighted by molar-refractivity contribution is 6.04. The molecule has 0 radical (unpaired) electrons. The SMILES string of the molecule is CC(=Nc1ccccc1)/C(CC(=O)NCc1ccc(OC(F)(F)F)cc1)=C(/C)N. The monoisotopic (exact) mass is 405 g/mol. The standard InChI is InChI=1S/C21H22F3N3O2/c1-14(25)19(15(2)27-17-6-4-3-5-7-17)12-20(28)26-13-16-8-10-18(11-9-16)29-21(22,23)24/h3-11H,12-13,25H2,1-2H3,(H,26,28)/b19-14-,27-15?. The first-order valence-corrected chi connectivity index (χ1v) is 8.81. The minimum absolute atomic E-state index is 0.0414. The van der Waals surface area contributed by atoms with Gasteiger partial charge >= 0.3 is 6.36 Å². The molecular formula is C21H22F3N3O2. The second kappa shape index (κ2) is 9.77. The third kappa shape index (κ3) is 7.69. The zero-order valence-corrected chi connectivity index (χ0v) is 16.1. The number of hydrogen-bond acceptors (Lipinski definition) is 4. The molecule has 154 valence electrons. The summed E-state index contributed by atoms with van der Waals surface area (Å²) in [7, 11) is 0. The number of ether oxygens (including phenoxy) is 1. The van der Waals surface area contributed by atoms with Gasteiger partial charge in [0.2, 0.25) is 5.91 Å². The van der Waals surface area contributed by atoms with Gasteiger partial charge in [-0.1, -0.05) is 30.3 Å². The third-order valence-corrected chi connectivity index (χ3v) is 3.95. The summed E-state index contributed by atoms with van der Waals surface area (Å²) in [6, 6.07) is 14.6. The first-order chi connectivity index (χ1) is 13.6. The van der Waals surface area contributed by atoms with E-state index in [1.54, 1.807) is 13.8 Å². The molecule has 0 aliphatic rings. The fourth-order valence-electron chi connectivity index (χ4n) is 2.55. The van der Waals surface area contributed by atoms with Crippen molar-refractivity contribution in [2.45, 2.75) is 33.2 Å². The molecule has 2 aromatic carbocycles. The summed E-state index contributed by atoms with van der Waals surface area (Å²) in [6.07, 6.45) is -4.70. The Morgan fingerprint density at radius 3 is 2.24 bits per heavy atom. The molecule has 2 aromatic rings. The topological polar surface area (TPSA) is 76.7 Å².